The maximum absolute atomic E-state index is 10.9. The van der Waals surface area contributed by atoms with Crippen LogP contribution in [0.1, 0.15) is 25.7 Å². The van der Waals surface area contributed by atoms with Crippen LogP contribution < -0.4 is 10.6 Å². The molecule has 80 valence electrons. The van der Waals surface area contributed by atoms with Crippen molar-refractivity contribution >= 4 is 17.8 Å². The van der Waals surface area contributed by atoms with Gasteiger partial charge in [0.15, 0.2) is 0 Å². The van der Waals surface area contributed by atoms with Gasteiger partial charge >= 0.3 is 11.8 Å². The highest BCUT2D eigenvalue weighted by Gasteiger charge is 2.53. The Labute approximate surface area is 87.3 Å². The molecule has 2 aliphatic carbocycles. The van der Waals surface area contributed by atoms with E-state index in [1.54, 1.807) is 0 Å². The summed E-state index contributed by atoms with van der Waals surface area (Å²) in [4.78, 5) is 26.0. The van der Waals surface area contributed by atoms with Crippen LogP contribution in [-0.4, -0.2) is 24.3 Å². The molecule has 0 aromatic carbocycles. The lowest BCUT2D eigenvalue weighted by Crippen LogP contribution is -2.27. The largest absolute Gasteiger partial charge is 0.316 e. The van der Waals surface area contributed by atoms with Crippen molar-refractivity contribution in [3.63, 3.8) is 0 Å². The number of carbonyl (C=O) groups is 2. The van der Waals surface area contributed by atoms with Crippen LogP contribution in [0.4, 0.5) is 0 Å². The van der Waals surface area contributed by atoms with Crippen LogP contribution in [0, 0.1) is 11.3 Å². The number of guanidine groups is 1. The Morgan fingerprint density at radius 1 is 1.20 bits per heavy atom. The zero-order chi connectivity index (χ0) is 10.5. The molecule has 3 aliphatic rings. The first-order chi connectivity index (χ1) is 7.20. The first-order valence-electron chi connectivity index (χ1n) is 5.36. The smallest absolute Gasteiger partial charge is 0.288 e. The van der Waals surface area contributed by atoms with Crippen molar-refractivity contribution in [1.82, 2.24) is 10.6 Å². The van der Waals surface area contributed by atoms with E-state index in [1.165, 1.54) is 25.7 Å². The van der Waals surface area contributed by atoms with Crippen LogP contribution in [0.15, 0.2) is 4.99 Å². The van der Waals surface area contributed by atoms with E-state index < -0.39 is 11.8 Å². The molecule has 3 rings (SSSR count). The average molecular weight is 207 g/mol. The van der Waals surface area contributed by atoms with Crippen molar-refractivity contribution in [2.45, 2.75) is 25.7 Å². The minimum absolute atomic E-state index is 0.330. The second kappa shape index (κ2) is 2.81. The van der Waals surface area contributed by atoms with Crippen LogP contribution in [0.3, 0.4) is 0 Å². The van der Waals surface area contributed by atoms with E-state index in [9.17, 15) is 9.59 Å². The fourth-order valence-corrected chi connectivity index (χ4v) is 2.23. The summed E-state index contributed by atoms with van der Waals surface area (Å²) in [7, 11) is 0. The molecule has 1 heterocycles. The van der Waals surface area contributed by atoms with Crippen molar-refractivity contribution in [1.29, 1.82) is 0 Å². The maximum atomic E-state index is 10.9. The van der Waals surface area contributed by atoms with E-state index >= 15 is 0 Å². The lowest BCUT2D eigenvalue weighted by atomic mass is 10.0. The topological polar surface area (TPSA) is 70.6 Å². The monoisotopic (exact) mass is 207 g/mol. The Morgan fingerprint density at radius 2 is 1.80 bits per heavy atom. The fraction of sp³-hybridized carbons (Fsp3) is 0.700. The zero-order valence-electron chi connectivity index (χ0n) is 8.38. The highest BCUT2D eigenvalue weighted by molar-refractivity contribution is 6.45. The van der Waals surface area contributed by atoms with Gasteiger partial charge in [0.1, 0.15) is 0 Å². The second-order valence-corrected chi connectivity index (χ2v) is 4.71. The van der Waals surface area contributed by atoms with Crippen LogP contribution >= 0.6 is 0 Å². The van der Waals surface area contributed by atoms with Gasteiger partial charge in [-0.25, -0.2) is 0 Å². The quantitative estimate of drug-likeness (QED) is 0.628. The van der Waals surface area contributed by atoms with Gasteiger partial charge in [-0.3, -0.25) is 25.2 Å². The molecule has 2 amide bonds. The van der Waals surface area contributed by atoms with Crippen molar-refractivity contribution in [2.24, 2.45) is 16.3 Å². The highest BCUT2D eigenvalue weighted by atomic mass is 16.2. The van der Waals surface area contributed by atoms with Gasteiger partial charge in [0, 0.05) is 6.54 Å². The molecule has 1 aliphatic heterocycles. The lowest BCUT2D eigenvalue weighted by molar-refractivity contribution is -0.135. The number of hydrogen-bond donors (Lipinski definition) is 2. The minimum Gasteiger partial charge on any atom is -0.288 e. The van der Waals surface area contributed by atoms with E-state index in [4.69, 9.17) is 0 Å². The molecule has 0 unspecified atom stereocenters. The van der Waals surface area contributed by atoms with E-state index in [2.05, 4.69) is 15.6 Å². The molecule has 5 heteroatoms. The number of rotatable bonds is 3. The average Bonchev–Trinajstić information content (AvgIpc) is 3.07. The summed E-state index contributed by atoms with van der Waals surface area (Å²) < 4.78 is 0. The van der Waals surface area contributed by atoms with Gasteiger partial charge in [-0.05, 0) is 37.0 Å². The SMILES string of the molecule is O=C1NC(=NCC2(C3CC3)CC2)NC1=O. The number of nitrogens with zero attached hydrogens (tertiary/aromatic N) is 1. The predicted octanol–water partition coefficient (Wildman–Crippen LogP) is -0.221. The van der Waals surface area contributed by atoms with E-state index in [0.29, 0.717) is 11.4 Å². The third-order valence-electron chi connectivity index (χ3n) is 3.56. The van der Waals surface area contributed by atoms with Crippen molar-refractivity contribution in [3.8, 4) is 0 Å². The van der Waals surface area contributed by atoms with Gasteiger partial charge < -0.3 is 0 Å². The Kier molecular flexibility index (Phi) is 1.66. The summed E-state index contributed by atoms with van der Waals surface area (Å²) in [5.41, 5.74) is 0.408. The predicted molar refractivity (Wildman–Crippen MR) is 53.0 cm³/mol. The summed E-state index contributed by atoms with van der Waals surface area (Å²) in [6.45, 7) is 0.744. The van der Waals surface area contributed by atoms with Crippen LogP contribution in [0.25, 0.3) is 0 Å². The van der Waals surface area contributed by atoms with Crippen LogP contribution in [-0.2, 0) is 9.59 Å². The standard InChI is InChI=1S/C10H13N3O2/c14-7-8(15)13-9(12-7)11-5-10(3-4-10)6-1-2-6/h6H,1-5H2,(H2,11,12,13,14,15). The number of amides is 2. The van der Waals surface area contributed by atoms with E-state index in [1.807, 2.05) is 0 Å². The van der Waals surface area contributed by atoms with Gasteiger partial charge in [0.2, 0.25) is 5.96 Å². The molecule has 0 atom stereocenters. The normalized spacial score (nSPS) is 27.3. The Balaban J connectivity index is 1.63. The highest BCUT2D eigenvalue weighted by Crippen LogP contribution is 2.61. The lowest BCUT2D eigenvalue weighted by Gasteiger charge is -2.09. The fourth-order valence-electron chi connectivity index (χ4n) is 2.23. The van der Waals surface area contributed by atoms with Gasteiger partial charge in [-0.1, -0.05) is 0 Å². The van der Waals surface area contributed by atoms with Gasteiger partial charge in [0.25, 0.3) is 0 Å². The number of aliphatic imine (C=N–C) groups is 1. The number of carbonyl (C=O) groups excluding carboxylic acids is 2. The minimum atomic E-state index is -0.606. The maximum Gasteiger partial charge on any atom is 0.316 e. The summed E-state index contributed by atoms with van der Waals surface area (Å²) in [5.74, 6) is -0.0402. The summed E-state index contributed by atoms with van der Waals surface area (Å²) in [6.07, 6.45) is 5.14. The molecule has 0 radical (unpaired) electrons. The van der Waals surface area contributed by atoms with Gasteiger partial charge in [0.05, 0.1) is 0 Å². The molecule has 1 saturated heterocycles. The van der Waals surface area contributed by atoms with Gasteiger partial charge in [-0.15, -0.1) is 0 Å². The molecule has 0 spiro atoms. The molecule has 15 heavy (non-hydrogen) atoms. The molecule has 2 saturated carbocycles. The molecule has 0 aromatic rings. The third kappa shape index (κ3) is 1.52. The molecular weight excluding hydrogens is 194 g/mol. The Morgan fingerprint density at radius 3 is 2.27 bits per heavy atom. The Bertz CT molecular complexity index is 349. The zero-order valence-corrected chi connectivity index (χ0v) is 8.38. The van der Waals surface area contributed by atoms with Gasteiger partial charge in [-0.2, -0.15) is 0 Å². The third-order valence-corrected chi connectivity index (χ3v) is 3.56. The molecule has 5 nitrogen and oxygen atoms in total. The Hall–Kier alpha value is -1.39. The summed E-state index contributed by atoms with van der Waals surface area (Å²) in [6, 6.07) is 0. The van der Waals surface area contributed by atoms with E-state index in [0.717, 1.165) is 12.5 Å². The number of hydrogen-bond acceptors (Lipinski definition) is 3. The summed E-state index contributed by atoms with van der Waals surface area (Å²) in [5, 5.41) is 4.83. The molecule has 0 bridgehead atoms. The molecule has 0 aromatic heterocycles. The van der Waals surface area contributed by atoms with Crippen molar-refractivity contribution in [3.05, 3.63) is 0 Å². The van der Waals surface area contributed by atoms with Crippen molar-refractivity contribution < 1.29 is 9.59 Å². The number of nitrogens with one attached hydrogen (secondary N) is 2. The first-order valence-corrected chi connectivity index (χ1v) is 5.36. The van der Waals surface area contributed by atoms with E-state index in [-0.39, 0.29) is 0 Å². The van der Waals surface area contributed by atoms with Crippen LogP contribution in [0.5, 0.6) is 0 Å². The first kappa shape index (κ1) is 8.88. The van der Waals surface area contributed by atoms with Crippen LogP contribution in [0.2, 0.25) is 0 Å². The molecule has 3 fully saturated rings. The molecule has 2 N–H and O–H groups in total. The van der Waals surface area contributed by atoms with Crippen molar-refractivity contribution in [2.75, 3.05) is 6.54 Å². The molecular formula is C10H13N3O2. The summed E-state index contributed by atoms with van der Waals surface area (Å²) >= 11 is 0. The second-order valence-electron chi connectivity index (χ2n) is 4.71.